The molecular weight excluding hydrogens is 148 g/mol. The van der Waals surface area contributed by atoms with Gasteiger partial charge in [-0.15, -0.1) is 0 Å². The summed E-state index contributed by atoms with van der Waals surface area (Å²) in [6.07, 6.45) is 3.25. The Kier molecular flexibility index (Phi) is 2.46. The number of carboxylic acids is 1. The summed E-state index contributed by atoms with van der Waals surface area (Å²) >= 11 is 0. The Bertz CT molecular complexity index is 149. The summed E-state index contributed by atoms with van der Waals surface area (Å²) in [5.41, 5.74) is -1.42. The minimum Gasteiger partial charge on any atom is -0.479 e. The first-order valence-corrected chi connectivity index (χ1v) is 3.76. The van der Waals surface area contributed by atoms with Crippen LogP contribution in [0, 0.1) is 0 Å². The summed E-state index contributed by atoms with van der Waals surface area (Å²) in [4.78, 5) is 14.4. The molecule has 0 heterocycles. The molecule has 11 heavy (non-hydrogen) atoms. The molecule has 63 valence electrons. The highest BCUT2D eigenvalue weighted by atomic mass is 17.1. The highest BCUT2D eigenvalue weighted by Crippen LogP contribution is 2.31. The Hall–Kier alpha value is -0.610. The van der Waals surface area contributed by atoms with Crippen LogP contribution < -0.4 is 0 Å². The summed E-state index contributed by atoms with van der Waals surface area (Å²) in [5.74, 6) is -1.12. The molecule has 0 spiro atoms. The monoisotopic (exact) mass is 159 g/mol. The van der Waals surface area contributed by atoms with Gasteiger partial charge in [0.25, 0.3) is 0 Å². The van der Waals surface area contributed by atoms with Gasteiger partial charge in [-0.2, -0.15) is 4.89 Å². The molecule has 0 aromatic heterocycles. The smallest absolute Gasteiger partial charge is 0.339 e. The van der Waals surface area contributed by atoms with E-state index in [1.54, 1.807) is 0 Å². The van der Waals surface area contributed by atoms with Crippen LogP contribution in [0.2, 0.25) is 0 Å². The molecule has 0 saturated heterocycles. The summed E-state index contributed by atoms with van der Waals surface area (Å²) in [6, 6.07) is 0. The molecule has 0 atom stereocenters. The lowest BCUT2D eigenvalue weighted by atomic mass is 9.85. The lowest BCUT2D eigenvalue weighted by Gasteiger charge is -2.28. The molecule has 4 nitrogen and oxygen atoms in total. The van der Waals surface area contributed by atoms with Crippen LogP contribution in [-0.4, -0.2) is 16.7 Å². The summed E-state index contributed by atoms with van der Waals surface area (Å²) < 4.78 is 0. The van der Waals surface area contributed by atoms with Gasteiger partial charge in [0, 0.05) is 0 Å². The van der Waals surface area contributed by atoms with Crippen LogP contribution in [0.3, 0.4) is 0 Å². The van der Waals surface area contributed by atoms with Crippen molar-refractivity contribution in [3.05, 3.63) is 0 Å². The predicted octanol–water partition coefficient (Wildman–Crippen LogP) is 1.14. The topological polar surface area (TPSA) is 66.4 Å². The second-order valence-corrected chi connectivity index (χ2v) is 2.94. The molecule has 1 radical (unpaired) electrons. The van der Waals surface area contributed by atoms with Gasteiger partial charge in [0.15, 0.2) is 0 Å². The van der Waals surface area contributed by atoms with Crippen molar-refractivity contribution in [1.82, 2.24) is 0 Å². The molecular formula is C7H11O4. The fourth-order valence-electron chi connectivity index (χ4n) is 1.46. The summed E-state index contributed by atoms with van der Waals surface area (Å²) in [5, 5.41) is 18.8. The predicted molar refractivity (Wildman–Crippen MR) is 35.2 cm³/mol. The third-order valence-electron chi connectivity index (χ3n) is 2.21. The molecule has 0 aliphatic heterocycles. The van der Waals surface area contributed by atoms with E-state index in [1.165, 1.54) is 0 Å². The van der Waals surface area contributed by atoms with Gasteiger partial charge in [0.05, 0.1) is 0 Å². The van der Waals surface area contributed by atoms with Crippen LogP contribution >= 0.6 is 0 Å². The van der Waals surface area contributed by atoms with Crippen molar-refractivity contribution in [2.24, 2.45) is 0 Å². The Morgan fingerprint density at radius 2 is 1.82 bits per heavy atom. The standard InChI is InChI=1S/C7H11O4/c8-6(9)7(11-10)4-2-1-3-5-7/h1-5H2,(H,8,9). The first kappa shape index (κ1) is 8.49. The Balaban J connectivity index is 2.64. The number of rotatable bonds is 2. The van der Waals surface area contributed by atoms with E-state index < -0.39 is 11.6 Å². The molecule has 1 aliphatic carbocycles. The van der Waals surface area contributed by atoms with Crippen molar-refractivity contribution < 1.29 is 20.0 Å². The first-order chi connectivity index (χ1) is 5.21. The molecule has 0 aromatic carbocycles. The van der Waals surface area contributed by atoms with Gasteiger partial charge in [-0.1, -0.05) is 6.42 Å². The van der Waals surface area contributed by atoms with E-state index in [2.05, 4.69) is 4.89 Å². The minimum absolute atomic E-state index is 0.353. The first-order valence-electron chi connectivity index (χ1n) is 3.76. The molecule has 0 amide bonds. The quantitative estimate of drug-likeness (QED) is 0.485. The lowest BCUT2D eigenvalue weighted by molar-refractivity contribution is -0.370. The van der Waals surface area contributed by atoms with E-state index in [1.807, 2.05) is 0 Å². The van der Waals surface area contributed by atoms with E-state index in [0.29, 0.717) is 12.8 Å². The molecule has 1 saturated carbocycles. The minimum atomic E-state index is -1.42. The van der Waals surface area contributed by atoms with Crippen LogP contribution in [-0.2, 0) is 14.9 Å². The molecule has 1 fully saturated rings. The third-order valence-corrected chi connectivity index (χ3v) is 2.21. The molecule has 1 rings (SSSR count). The van der Waals surface area contributed by atoms with Crippen molar-refractivity contribution in [2.45, 2.75) is 37.7 Å². The van der Waals surface area contributed by atoms with Crippen LogP contribution in [0.4, 0.5) is 0 Å². The van der Waals surface area contributed by atoms with Crippen LogP contribution in [0.15, 0.2) is 0 Å². The van der Waals surface area contributed by atoms with Crippen molar-refractivity contribution >= 4 is 5.97 Å². The Labute approximate surface area is 64.7 Å². The largest absolute Gasteiger partial charge is 0.479 e. The average Bonchev–Trinajstić information content (AvgIpc) is 2.05. The number of hydrogen-bond acceptors (Lipinski definition) is 2. The van der Waals surface area contributed by atoms with E-state index in [9.17, 15) is 10.1 Å². The summed E-state index contributed by atoms with van der Waals surface area (Å²) in [6.45, 7) is 0. The number of carbonyl (C=O) groups is 1. The van der Waals surface area contributed by atoms with Crippen LogP contribution in [0.1, 0.15) is 32.1 Å². The Morgan fingerprint density at radius 3 is 2.09 bits per heavy atom. The van der Waals surface area contributed by atoms with E-state index in [4.69, 9.17) is 5.11 Å². The maximum absolute atomic E-state index is 10.6. The van der Waals surface area contributed by atoms with Gasteiger partial charge < -0.3 is 5.11 Å². The average molecular weight is 159 g/mol. The maximum atomic E-state index is 10.6. The zero-order chi connectivity index (χ0) is 8.32. The summed E-state index contributed by atoms with van der Waals surface area (Å²) in [7, 11) is 0. The zero-order valence-electron chi connectivity index (χ0n) is 6.21. The highest BCUT2D eigenvalue weighted by molar-refractivity contribution is 5.77. The fourth-order valence-corrected chi connectivity index (χ4v) is 1.46. The second kappa shape index (κ2) is 3.19. The van der Waals surface area contributed by atoms with Gasteiger partial charge in [0.1, 0.15) is 0 Å². The van der Waals surface area contributed by atoms with Crippen molar-refractivity contribution in [2.75, 3.05) is 0 Å². The molecule has 4 heteroatoms. The van der Waals surface area contributed by atoms with E-state index >= 15 is 0 Å². The Morgan fingerprint density at radius 1 is 1.27 bits per heavy atom. The zero-order valence-corrected chi connectivity index (χ0v) is 6.21. The van der Waals surface area contributed by atoms with Gasteiger partial charge in [-0.05, 0) is 30.9 Å². The molecule has 1 aliphatic rings. The molecule has 0 unspecified atom stereocenters. The highest BCUT2D eigenvalue weighted by Gasteiger charge is 2.42. The van der Waals surface area contributed by atoms with Gasteiger partial charge >= 0.3 is 5.97 Å². The number of aliphatic carboxylic acids is 1. The van der Waals surface area contributed by atoms with Crippen LogP contribution in [0.25, 0.3) is 0 Å². The fraction of sp³-hybridized carbons (Fsp3) is 0.857. The van der Waals surface area contributed by atoms with Gasteiger partial charge in [-0.25, -0.2) is 4.79 Å². The molecule has 1 N–H and O–H groups in total. The molecule has 0 aromatic rings. The van der Waals surface area contributed by atoms with Crippen molar-refractivity contribution in [3.63, 3.8) is 0 Å². The van der Waals surface area contributed by atoms with E-state index in [-0.39, 0.29) is 0 Å². The van der Waals surface area contributed by atoms with Crippen molar-refractivity contribution in [1.29, 1.82) is 0 Å². The number of hydrogen-bond donors (Lipinski definition) is 1. The lowest BCUT2D eigenvalue weighted by Crippen LogP contribution is -2.42. The molecule has 0 bridgehead atoms. The normalized spacial score (nSPS) is 23.0. The maximum Gasteiger partial charge on any atom is 0.339 e. The third kappa shape index (κ3) is 1.52. The second-order valence-electron chi connectivity index (χ2n) is 2.94. The van der Waals surface area contributed by atoms with E-state index in [0.717, 1.165) is 19.3 Å². The number of carboxylic acid groups (broad SMARTS) is 1. The van der Waals surface area contributed by atoms with Gasteiger partial charge in [0.2, 0.25) is 5.60 Å². The van der Waals surface area contributed by atoms with Crippen LogP contribution in [0.5, 0.6) is 0 Å². The SMILES string of the molecule is [O]OC1(C(=O)O)CCCCC1. The van der Waals surface area contributed by atoms with Crippen molar-refractivity contribution in [3.8, 4) is 0 Å². The van der Waals surface area contributed by atoms with Gasteiger partial charge in [-0.3, -0.25) is 0 Å².